The van der Waals surface area contributed by atoms with E-state index in [0.717, 1.165) is 0 Å². The van der Waals surface area contributed by atoms with Gasteiger partial charge in [-0.2, -0.15) is 0 Å². The van der Waals surface area contributed by atoms with Gasteiger partial charge < -0.3 is 4.74 Å². The molecule has 0 aromatic rings. The standard InChI is InChI=1S/C10H16O2/c1-5-9(10(11)12-4)7-6-8(2)3/h5-6,9H,1,7H2,2-4H3. The number of methoxy groups -OCH3 is 1. The maximum Gasteiger partial charge on any atom is 0.312 e. The Morgan fingerprint density at radius 1 is 1.58 bits per heavy atom. The topological polar surface area (TPSA) is 26.3 Å². The summed E-state index contributed by atoms with van der Waals surface area (Å²) in [5, 5.41) is 0. The minimum absolute atomic E-state index is 0.204. The van der Waals surface area contributed by atoms with Crippen molar-refractivity contribution in [1.29, 1.82) is 0 Å². The summed E-state index contributed by atoms with van der Waals surface area (Å²) >= 11 is 0. The molecular formula is C10H16O2. The Bertz CT molecular complexity index is 188. The lowest BCUT2D eigenvalue weighted by Crippen LogP contribution is -2.12. The molecule has 0 aliphatic carbocycles. The van der Waals surface area contributed by atoms with Gasteiger partial charge in [0.05, 0.1) is 13.0 Å². The van der Waals surface area contributed by atoms with Crippen molar-refractivity contribution in [3.8, 4) is 0 Å². The number of rotatable bonds is 4. The van der Waals surface area contributed by atoms with Crippen molar-refractivity contribution >= 4 is 5.97 Å². The van der Waals surface area contributed by atoms with Gasteiger partial charge in [0.25, 0.3) is 0 Å². The van der Waals surface area contributed by atoms with Crippen LogP contribution >= 0.6 is 0 Å². The zero-order valence-electron chi connectivity index (χ0n) is 7.96. The van der Waals surface area contributed by atoms with Gasteiger partial charge in [-0.25, -0.2) is 0 Å². The molecule has 0 aliphatic heterocycles. The molecule has 1 atom stereocenters. The smallest absolute Gasteiger partial charge is 0.312 e. The van der Waals surface area contributed by atoms with E-state index in [1.165, 1.54) is 12.7 Å². The van der Waals surface area contributed by atoms with E-state index in [4.69, 9.17) is 0 Å². The molecule has 12 heavy (non-hydrogen) atoms. The van der Waals surface area contributed by atoms with Gasteiger partial charge >= 0.3 is 5.97 Å². The van der Waals surface area contributed by atoms with Crippen molar-refractivity contribution in [3.63, 3.8) is 0 Å². The van der Waals surface area contributed by atoms with Crippen LogP contribution in [0, 0.1) is 5.92 Å². The third-order valence-corrected chi connectivity index (χ3v) is 1.57. The highest BCUT2D eigenvalue weighted by Crippen LogP contribution is 2.09. The summed E-state index contributed by atoms with van der Waals surface area (Å²) < 4.78 is 4.60. The van der Waals surface area contributed by atoms with Gasteiger partial charge in [0, 0.05) is 0 Å². The number of hydrogen-bond acceptors (Lipinski definition) is 2. The van der Waals surface area contributed by atoms with Crippen LogP contribution in [0.1, 0.15) is 20.3 Å². The van der Waals surface area contributed by atoms with E-state index in [0.29, 0.717) is 6.42 Å². The summed E-state index contributed by atoms with van der Waals surface area (Å²) in [4.78, 5) is 11.0. The van der Waals surface area contributed by atoms with Gasteiger partial charge in [0.15, 0.2) is 0 Å². The van der Waals surface area contributed by atoms with Gasteiger partial charge in [-0.05, 0) is 20.3 Å². The summed E-state index contributed by atoms with van der Waals surface area (Å²) in [5.74, 6) is -0.424. The molecule has 0 aromatic carbocycles. The minimum Gasteiger partial charge on any atom is -0.469 e. The third-order valence-electron chi connectivity index (χ3n) is 1.57. The molecule has 0 heterocycles. The Labute approximate surface area is 73.9 Å². The van der Waals surface area contributed by atoms with Crippen molar-refractivity contribution < 1.29 is 9.53 Å². The van der Waals surface area contributed by atoms with Gasteiger partial charge in [0.2, 0.25) is 0 Å². The summed E-state index contributed by atoms with van der Waals surface area (Å²) in [5.41, 5.74) is 1.20. The van der Waals surface area contributed by atoms with Gasteiger partial charge in [0.1, 0.15) is 0 Å². The van der Waals surface area contributed by atoms with Crippen LogP contribution < -0.4 is 0 Å². The first-order valence-corrected chi connectivity index (χ1v) is 3.95. The Kier molecular flexibility index (Phi) is 5.09. The van der Waals surface area contributed by atoms with Gasteiger partial charge in [-0.3, -0.25) is 4.79 Å². The number of esters is 1. The highest BCUT2D eigenvalue weighted by molar-refractivity contribution is 5.74. The fourth-order valence-electron chi connectivity index (χ4n) is 0.803. The largest absolute Gasteiger partial charge is 0.469 e. The molecule has 0 saturated heterocycles. The molecule has 0 amide bonds. The van der Waals surface area contributed by atoms with E-state index in [9.17, 15) is 4.79 Å². The maximum absolute atomic E-state index is 11.0. The molecule has 1 unspecified atom stereocenters. The van der Waals surface area contributed by atoms with E-state index in [1.54, 1.807) is 6.08 Å². The first kappa shape index (κ1) is 11.0. The van der Waals surface area contributed by atoms with Crippen molar-refractivity contribution in [2.75, 3.05) is 7.11 Å². The lowest BCUT2D eigenvalue weighted by Gasteiger charge is -2.06. The summed E-state index contributed by atoms with van der Waals surface area (Å²) in [6.07, 6.45) is 4.30. The SMILES string of the molecule is C=CC(CC=C(C)C)C(=O)OC. The Hall–Kier alpha value is -1.05. The monoisotopic (exact) mass is 168 g/mol. The fourth-order valence-corrected chi connectivity index (χ4v) is 0.803. The molecule has 0 fully saturated rings. The highest BCUT2D eigenvalue weighted by Gasteiger charge is 2.12. The van der Waals surface area contributed by atoms with Crippen molar-refractivity contribution in [2.45, 2.75) is 20.3 Å². The molecule has 0 aromatic heterocycles. The van der Waals surface area contributed by atoms with Crippen LogP contribution in [0.5, 0.6) is 0 Å². The summed E-state index contributed by atoms with van der Waals surface area (Å²) in [7, 11) is 1.39. The number of carbonyl (C=O) groups excluding carboxylic acids is 1. The molecule has 2 nitrogen and oxygen atoms in total. The van der Waals surface area contributed by atoms with Crippen LogP contribution in [-0.4, -0.2) is 13.1 Å². The van der Waals surface area contributed by atoms with E-state index < -0.39 is 0 Å². The van der Waals surface area contributed by atoms with Crippen molar-refractivity contribution in [3.05, 3.63) is 24.3 Å². The summed E-state index contributed by atoms with van der Waals surface area (Å²) in [6.45, 7) is 7.57. The number of ether oxygens (including phenoxy) is 1. The zero-order chi connectivity index (χ0) is 9.56. The molecule has 0 rings (SSSR count). The molecule has 0 saturated carbocycles. The zero-order valence-corrected chi connectivity index (χ0v) is 7.96. The van der Waals surface area contributed by atoms with Crippen LogP contribution in [0.2, 0.25) is 0 Å². The van der Waals surface area contributed by atoms with Crippen LogP contribution in [0.3, 0.4) is 0 Å². The first-order valence-electron chi connectivity index (χ1n) is 3.95. The second kappa shape index (κ2) is 5.58. The average molecular weight is 168 g/mol. The maximum atomic E-state index is 11.0. The average Bonchev–Trinajstić information content (AvgIpc) is 2.04. The lowest BCUT2D eigenvalue weighted by molar-refractivity contribution is -0.143. The van der Waals surface area contributed by atoms with Crippen LogP contribution in [0.25, 0.3) is 0 Å². The predicted molar refractivity (Wildman–Crippen MR) is 49.8 cm³/mol. The minimum atomic E-state index is -0.220. The second-order valence-corrected chi connectivity index (χ2v) is 2.88. The normalized spacial score (nSPS) is 11.6. The lowest BCUT2D eigenvalue weighted by atomic mass is 10.0. The highest BCUT2D eigenvalue weighted by atomic mass is 16.5. The van der Waals surface area contributed by atoms with Crippen LogP contribution in [0.4, 0.5) is 0 Å². The second-order valence-electron chi connectivity index (χ2n) is 2.88. The van der Waals surface area contributed by atoms with E-state index in [2.05, 4.69) is 11.3 Å². The summed E-state index contributed by atoms with van der Waals surface area (Å²) in [6, 6.07) is 0. The molecule has 0 radical (unpaired) electrons. The number of carbonyl (C=O) groups is 1. The third kappa shape index (κ3) is 3.96. The Morgan fingerprint density at radius 2 is 2.17 bits per heavy atom. The molecule has 2 heteroatoms. The van der Waals surface area contributed by atoms with E-state index >= 15 is 0 Å². The Morgan fingerprint density at radius 3 is 2.50 bits per heavy atom. The molecule has 0 bridgehead atoms. The first-order chi connectivity index (χ1) is 5.61. The van der Waals surface area contributed by atoms with Gasteiger partial charge in [-0.15, -0.1) is 6.58 Å². The fraction of sp³-hybridized carbons (Fsp3) is 0.500. The molecule has 0 spiro atoms. The van der Waals surface area contributed by atoms with E-state index in [-0.39, 0.29) is 11.9 Å². The quantitative estimate of drug-likeness (QED) is 0.475. The predicted octanol–water partition coefficient (Wildman–Crippen LogP) is 2.32. The van der Waals surface area contributed by atoms with Gasteiger partial charge in [-0.1, -0.05) is 17.7 Å². The van der Waals surface area contributed by atoms with Crippen LogP contribution in [0.15, 0.2) is 24.3 Å². The number of allylic oxidation sites excluding steroid dienone is 2. The molecular weight excluding hydrogens is 152 g/mol. The van der Waals surface area contributed by atoms with Crippen LogP contribution in [-0.2, 0) is 9.53 Å². The molecule has 0 aliphatic rings. The molecule has 68 valence electrons. The van der Waals surface area contributed by atoms with Crippen molar-refractivity contribution in [2.24, 2.45) is 5.92 Å². The Balaban J connectivity index is 4.09. The number of hydrogen-bond donors (Lipinski definition) is 0. The van der Waals surface area contributed by atoms with Crippen molar-refractivity contribution in [1.82, 2.24) is 0 Å². The molecule has 0 N–H and O–H groups in total. The van der Waals surface area contributed by atoms with E-state index in [1.807, 2.05) is 19.9 Å².